The molecule has 12 nitrogen and oxygen atoms in total. The zero-order valence-electron chi connectivity index (χ0n) is 20.4. The summed E-state index contributed by atoms with van der Waals surface area (Å²) in [5.41, 5.74) is 7.16. The van der Waals surface area contributed by atoms with Gasteiger partial charge in [0.2, 0.25) is 5.91 Å². The Balaban J connectivity index is 0.000000559. The van der Waals surface area contributed by atoms with Gasteiger partial charge in [0.05, 0.1) is 6.54 Å². The van der Waals surface area contributed by atoms with Crippen molar-refractivity contribution in [3.8, 4) is 5.75 Å². The number of hydroxylamine groups is 2. The number of carboxylic acids is 1. The van der Waals surface area contributed by atoms with Crippen LogP contribution < -0.4 is 10.5 Å². The summed E-state index contributed by atoms with van der Waals surface area (Å²) < 4.78 is 60.1. The van der Waals surface area contributed by atoms with Gasteiger partial charge in [-0.2, -0.15) is 17.9 Å². The van der Waals surface area contributed by atoms with Crippen LogP contribution in [-0.4, -0.2) is 76.8 Å². The molecule has 1 amide bonds. The standard InChI is InChI=1S/C21H23N5O5S2.C2HF3O2/c22-20(23)14-1-2-17(27)15(11-14)12-25-8-7-16(21(25)28)24-33(30,31)19-4-3-18(32-19)13-5-9-26(29)10-6-13;3-2(4,5)1(6)7/h1-6,9,11,16,24,27,29H,7-8,10,12H2,(H3,22,23);(H,6,7)/t16-;/m0./s1. The molecule has 2 aromatic rings. The maximum Gasteiger partial charge on any atom is 0.490 e. The fourth-order valence-electron chi connectivity index (χ4n) is 3.63. The molecule has 0 spiro atoms. The van der Waals surface area contributed by atoms with Gasteiger partial charge in [0.15, 0.2) is 0 Å². The lowest BCUT2D eigenvalue weighted by Gasteiger charge is -2.18. The summed E-state index contributed by atoms with van der Waals surface area (Å²) in [7, 11) is -3.91. The van der Waals surface area contributed by atoms with Gasteiger partial charge < -0.3 is 20.8 Å². The molecule has 1 aromatic heterocycles. The Bertz CT molecular complexity index is 1470. The zero-order chi connectivity index (χ0) is 29.8. The number of hydrogen-bond acceptors (Lipinski definition) is 9. The highest BCUT2D eigenvalue weighted by Crippen LogP contribution is 2.30. The molecule has 1 aromatic carbocycles. The Labute approximate surface area is 230 Å². The van der Waals surface area contributed by atoms with Crippen molar-refractivity contribution >= 4 is 44.6 Å². The number of amides is 1. The molecule has 0 saturated carbocycles. The lowest BCUT2D eigenvalue weighted by Crippen LogP contribution is -2.41. The van der Waals surface area contributed by atoms with Crippen LogP contribution in [0.3, 0.4) is 0 Å². The lowest BCUT2D eigenvalue weighted by molar-refractivity contribution is -0.192. The van der Waals surface area contributed by atoms with Crippen molar-refractivity contribution in [1.82, 2.24) is 14.7 Å². The van der Waals surface area contributed by atoms with Crippen LogP contribution in [0.2, 0.25) is 0 Å². The van der Waals surface area contributed by atoms with Gasteiger partial charge in [0, 0.05) is 35.3 Å². The highest BCUT2D eigenvalue weighted by atomic mass is 32.2. The van der Waals surface area contributed by atoms with E-state index in [1.807, 2.05) is 0 Å². The first-order valence-electron chi connectivity index (χ1n) is 11.3. The second-order valence-corrected chi connectivity index (χ2v) is 11.5. The summed E-state index contributed by atoms with van der Waals surface area (Å²) in [5, 5.41) is 35.2. The summed E-state index contributed by atoms with van der Waals surface area (Å²) in [4.78, 5) is 23.9. The molecule has 1 fully saturated rings. The normalized spacial score (nSPS) is 17.4. The number of thiophene rings is 1. The molecular formula is C23H24F3N5O7S2. The number of halogens is 3. The first-order chi connectivity index (χ1) is 18.6. The quantitative estimate of drug-likeness (QED) is 0.203. The monoisotopic (exact) mass is 603 g/mol. The number of aromatic hydroxyl groups is 1. The van der Waals surface area contributed by atoms with Crippen LogP contribution in [0.5, 0.6) is 5.75 Å². The van der Waals surface area contributed by atoms with Crippen molar-refractivity contribution in [3.63, 3.8) is 0 Å². The van der Waals surface area contributed by atoms with Crippen LogP contribution in [0.25, 0.3) is 5.57 Å². The van der Waals surface area contributed by atoms with Gasteiger partial charge in [-0.15, -0.1) is 11.3 Å². The molecule has 7 N–H and O–H groups in total. The summed E-state index contributed by atoms with van der Waals surface area (Å²) in [6, 6.07) is 6.74. The number of nitrogens with two attached hydrogens (primary N) is 1. The maximum absolute atomic E-state index is 12.9. The molecule has 216 valence electrons. The average Bonchev–Trinajstić information content (AvgIpc) is 3.49. The topological polar surface area (TPSA) is 197 Å². The van der Waals surface area contributed by atoms with Crippen molar-refractivity contribution < 1.29 is 46.6 Å². The number of amidine groups is 1. The second-order valence-electron chi connectivity index (χ2n) is 8.50. The van der Waals surface area contributed by atoms with Gasteiger partial charge in [0.25, 0.3) is 10.0 Å². The Morgan fingerprint density at radius 2 is 1.93 bits per heavy atom. The summed E-state index contributed by atoms with van der Waals surface area (Å²) in [5.74, 6) is -3.33. The van der Waals surface area contributed by atoms with Crippen LogP contribution in [0.4, 0.5) is 13.2 Å². The number of nitrogen functional groups attached to an aromatic ring is 1. The number of aliphatic carboxylic acids is 1. The van der Waals surface area contributed by atoms with E-state index in [1.54, 1.807) is 24.3 Å². The number of carbonyl (C=O) groups excluding carboxylic acids is 1. The molecule has 17 heteroatoms. The van der Waals surface area contributed by atoms with Gasteiger partial charge in [-0.3, -0.25) is 20.5 Å². The van der Waals surface area contributed by atoms with Crippen molar-refractivity contribution in [1.29, 1.82) is 5.41 Å². The van der Waals surface area contributed by atoms with E-state index in [0.29, 0.717) is 30.6 Å². The predicted octanol–water partition coefficient (Wildman–Crippen LogP) is 2.05. The lowest BCUT2D eigenvalue weighted by atomic mass is 10.1. The molecule has 40 heavy (non-hydrogen) atoms. The van der Waals surface area contributed by atoms with E-state index in [2.05, 4.69) is 4.72 Å². The Hall–Kier alpha value is -3.93. The van der Waals surface area contributed by atoms with Crippen LogP contribution in [0, 0.1) is 5.41 Å². The van der Waals surface area contributed by atoms with E-state index < -0.39 is 28.2 Å². The fraction of sp³-hybridized carbons (Fsp3) is 0.261. The van der Waals surface area contributed by atoms with E-state index in [1.165, 1.54) is 29.3 Å². The second kappa shape index (κ2) is 12.1. The largest absolute Gasteiger partial charge is 0.508 e. The third-order valence-electron chi connectivity index (χ3n) is 5.64. The molecule has 4 rings (SSSR count). The number of hydrogen-bond donors (Lipinski definition) is 6. The fourth-order valence-corrected chi connectivity index (χ4v) is 6.19. The van der Waals surface area contributed by atoms with E-state index in [4.69, 9.17) is 21.0 Å². The van der Waals surface area contributed by atoms with Crippen molar-refractivity contribution in [2.45, 2.75) is 29.4 Å². The number of phenolic OH excluding ortho intramolecular Hbond substituents is 1. The van der Waals surface area contributed by atoms with Crippen LogP contribution >= 0.6 is 11.3 Å². The molecule has 1 atom stereocenters. The number of sulfonamides is 1. The number of carboxylic acid groups (broad SMARTS) is 1. The minimum atomic E-state index is -5.08. The first-order valence-corrected chi connectivity index (χ1v) is 13.6. The maximum atomic E-state index is 12.9. The Morgan fingerprint density at radius 3 is 2.50 bits per heavy atom. The van der Waals surface area contributed by atoms with Gasteiger partial charge in [0.1, 0.15) is 21.8 Å². The number of alkyl halides is 3. The number of carbonyl (C=O) groups is 2. The van der Waals surface area contributed by atoms with E-state index in [0.717, 1.165) is 26.9 Å². The molecule has 0 bridgehead atoms. The van der Waals surface area contributed by atoms with E-state index >= 15 is 0 Å². The first kappa shape index (κ1) is 30.6. The number of nitrogens with one attached hydrogen (secondary N) is 2. The number of likely N-dealkylation sites (tertiary alicyclic amines) is 1. The number of phenols is 1. The van der Waals surface area contributed by atoms with E-state index in [9.17, 15) is 36.7 Å². The van der Waals surface area contributed by atoms with E-state index in [-0.39, 0.29) is 28.2 Å². The summed E-state index contributed by atoms with van der Waals surface area (Å²) >= 11 is 1.08. The van der Waals surface area contributed by atoms with Gasteiger partial charge in [-0.1, -0.05) is 6.08 Å². The minimum Gasteiger partial charge on any atom is -0.508 e. The molecule has 0 unspecified atom stereocenters. The SMILES string of the molecule is N=C(N)c1ccc(O)c(CN2CC[C@H](NS(=O)(=O)c3ccc(C4=CCN(O)C=C4)s3)C2=O)c1.O=C(O)C(F)(F)F. The minimum absolute atomic E-state index is 0.0293. The summed E-state index contributed by atoms with van der Waals surface area (Å²) in [6.07, 6.45) is 0.180. The predicted molar refractivity (Wildman–Crippen MR) is 137 cm³/mol. The van der Waals surface area contributed by atoms with Crippen LogP contribution in [0.15, 0.2) is 52.9 Å². The summed E-state index contributed by atoms with van der Waals surface area (Å²) in [6.45, 7) is 0.706. The molecule has 2 aliphatic heterocycles. The number of allylic oxidation sites excluding steroid dienone is 2. The number of nitrogens with zero attached hydrogens (tertiary/aromatic N) is 2. The number of rotatable bonds is 7. The van der Waals surface area contributed by atoms with Crippen molar-refractivity contribution in [3.05, 3.63) is 64.7 Å². The molecule has 3 heterocycles. The highest BCUT2D eigenvalue weighted by Gasteiger charge is 2.38. The molecule has 0 radical (unpaired) electrons. The van der Waals surface area contributed by atoms with Crippen molar-refractivity contribution in [2.75, 3.05) is 13.1 Å². The smallest absolute Gasteiger partial charge is 0.490 e. The molecule has 2 aliphatic rings. The molecule has 0 aliphatic carbocycles. The Morgan fingerprint density at radius 1 is 1.25 bits per heavy atom. The average molecular weight is 604 g/mol. The zero-order valence-corrected chi connectivity index (χ0v) is 22.1. The van der Waals surface area contributed by atoms with Gasteiger partial charge in [-0.05, 0) is 48.4 Å². The Kier molecular flexibility index (Phi) is 9.24. The van der Waals surface area contributed by atoms with Crippen molar-refractivity contribution in [2.24, 2.45) is 5.73 Å². The third kappa shape index (κ3) is 7.59. The van der Waals surface area contributed by atoms with Crippen LogP contribution in [-0.2, 0) is 26.2 Å². The van der Waals surface area contributed by atoms with Crippen LogP contribution in [0.1, 0.15) is 22.4 Å². The molecule has 1 saturated heterocycles. The number of benzene rings is 1. The van der Waals surface area contributed by atoms with Gasteiger partial charge >= 0.3 is 12.1 Å². The highest BCUT2D eigenvalue weighted by molar-refractivity contribution is 7.91. The third-order valence-corrected chi connectivity index (χ3v) is 8.74. The molecular weight excluding hydrogens is 579 g/mol. The van der Waals surface area contributed by atoms with Gasteiger partial charge in [-0.25, -0.2) is 13.2 Å².